The first kappa shape index (κ1) is 19.9. The zero-order chi connectivity index (χ0) is 20.4. The van der Waals surface area contributed by atoms with Crippen molar-refractivity contribution in [1.82, 2.24) is 9.88 Å². The first-order valence-electron chi connectivity index (χ1n) is 8.90. The number of nitrogens with zero attached hydrogens (tertiary/aromatic N) is 2. The number of benzene rings is 1. The molecule has 6 nitrogen and oxygen atoms in total. The van der Waals surface area contributed by atoms with Crippen molar-refractivity contribution in [1.29, 1.82) is 0 Å². The normalized spacial score (nSPS) is 16.1. The summed E-state index contributed by atoms with van der Waals surface area (Å²) >= 11 is 4.56. The molecule has 0 radical (unpaired) electrons. The van der Waals surface area contributed by atoms with Gasteiger partial charge in [0, 0.05) is 22.4 Å². The van der Waals surface area contributed by atoms with Gasteiger partial charge in [-0.15, -0.1) is 23.1 Å². The number of carbonyl (C=O) groups excluding carboxylic acids is 2. The number of carbonyl (C=O) groups is 2. The second-order valence-corrected chi connectivity index (χ2v) is 9.23. The van der Waals surface area contributed by atoms with Gasteiger partial charge in [-0.3, -0.25) is 9.59 Å². The van der Waals surface area contributed by atoms with Crippen molar-refractivity contribution in [2.45, 2.75) is 13.0 Å². The summed E-state index contributed by atoms with van der Waals surface area (Å²) in [7, 11) is 1.60. The number of thiophene rings is 1. The predicted octanol–water partition coefficient (Wildman–Crippen LogP) is 4.34. The summed E-state index contributed by atoms with van der Waals surface area (Å²) < 4.78 is 5.14. The van der Waals surface area contributed by atoms with Crippen LogP contribution in [0, 0.1) is 6.92 Å². The summed E-state index contributed by atoms with van der Waals surface area (Å²) in [5.41, 5.74) is 2.40. The van der Waals surface area contributed by atoms with E-state index in [0.717, 1.165) is 16.3 Å². The van der Waals surface area contributed by atoms with Crippen LogP contribution in [0.1, 0.15) is 15.4 Å². The van der Waals surface area contributed by atoms with Gasteiger partial charge in [0.25, 0.3) is 5.91 Å². The Bertz CT molecular complexity index is 1020. The van der Waals surface area contributed by atoms with Crippen LogP contribution in [0.15, 0.2) is 41.1 Å². The minimum atomic E-state index is -0.513. The Hall–Kier alpha value is -2.36. The molecule has 1 aromatic carbocycles. The molecule has 1 aliphatic heterocycles. The van der Waals surface area contributed by atoms with Gasteiger partial charge in [-0.1, -0.05) is 0 Å². The lowest BCUT2D eigenvalue weighted by molar-refractivity contribution is -0.119. The Kier molecular flexibility index (Phi) is 5.89. The van der Waals surface area contributed by atoms with E-state index in [1.54, 1.807) is 59.4 Å². The highest BCUT2D eigenvalue weighted by molar-refractivity contribution is 7.99. The molecule has 0 bridgehead atoms. The van der Waals surface area contributed by atoms with Crippen LogP contribution in [0.3, 0.4) is 0 Å². The Balaban J connectivity index is 1.50. The van der Waals surface area contributed by atoms with Crippen LogP contribution in [0.25, 0.3) is 10.6 Å². The fourth-order valence-electron chi connectivity index (χ4n) is 2.99. The van der Waals surface area contributed by atoms with E-state index < -0.39 is 6.04 Å². The fraction of sp³-hybridized carbons (Fsp3) is 0.250. The highest BCUT2D eigenvalue weighted by Gasteiger charge is 2.36. The van der Waals surface area contributed by atoms with Crippen molar-refractivity contribution < 1.29 is 14.3 Å². The third-order valence-electron chi connectivity index (χ3n) is 4.56. The summed E-state index contributed by atoms with van der Waals surface area (Å²) in [6.45, 7) is 1.84. The van der Waals surface area contributed by atoms with Crippen molar-refractivity contribution in [3.63, 3.8) is 0 Å². The lowest BCUT2D eigenvalue weighted by Crippen LogP contribution is -2.44. The molecule has 0 aliphatic carbocycles. The number of rotatable bonds is 5. The number of hydrogen-bond donors (Lipinski definition) is 1. The Morgan fingerprint density at radius 1 is 1.24 bits per heavy atom. The van der Waals surface area contributed by atoms with Crippen molar-refractivity contribution in [2.24, 2.45) is 0 Å². The molecule has 0 spiro atoms. The van der Waals surface area contributed by atoms with Gasteiger partial charge in [0.05, 0.1) is 18.7 Å². The first-order chi connectivity index (χ1) is 14.1. The molecule has 1 N–H and O–H groups in total. The molecule has 9 heteroatoms. The topological polar surface area (TPSA) is 71.5 Å². The summed E-state index contributed by atoms with van der Waals surface area (Å²) in [5, 5.41) is 7.74. The number of aryl methyl sites for hydroxylation is 1. The lowest BCUT2D eigenvalue weighted by atomic mass is 10.2. The minimum Gasteiger partial charge on any atom is -0.497 e. The molecule has 2 amide bonds. The molecular formula is C20H19N3O3S3. The Morgan fingerprint density at radius 2 is 2.03 bits per heavy atom. The van der Waals surface area contributed by atoms with Crippen molar-refractivity contribution in [3.05, 3.63) is 51.7 Å². The molecule has 1 atom stereocenters. The molecular weight excluding hydrogens is 426 g/mol. The average molecular weight is 446 g/mol. The average Bonchev–Trinajstić information content (AvgIpc) is 3.48. The summed E-state index contributed by atoms with van der Waals surface area (Å²) in [6, 6.07) is 8.62. The molecule has 3 heterocycles. The number of nitrogens with one attached hydrogen (secondary N) is 1. The third-order valence-corrected chi connectivity index (χ3v) is 7.45. The zero-order valence-electron chi connectivity index (χ0n) is 15.9. The van der Waals surface area contributed by atoms with Gasteiger partial charge in [-0.2, -0.15) is 11.3 Å². The SMILES string of the molecule is COc1ccc(NC(=O)C2CSCN2C(=O)c2sc(-c3ccsc3)nc2C)cc1. The molecule has 1 fully saturated rings. The zero-order valence-corrected chi connectivity index (χ0v) is 18.3. The monoisotopic (exact) mass is 445 g/mol. The van der Waals surface area contributed by atoms with E-state index in [9.17, 15) is 9.59 Å². The number of hydrogen-bond acceptors (Lipinski definition) is 7. The number of methoxy groups -OCH3 is 1. The molecule has 1 unspecified atom stereocenters. The van der Waals surface area contributed by atoms with Crippen LogP contribution < -0.4 is 10.1 Å². The number of aromatic nitrogens is 1. The summed E-state index contributed by atoms with van der Waals surface area (Å²) in [5.74, 6) is 1.46. The summed E-state index contributed by atoms with van der Waals surface area (Å²) in [4.78, 5) is 32.8. The van der Waals surface area contributed by atoms with Crippen LogP contribution in [-0.2, 0) is 4.79 Å². The maximum Gasteiger partial charge on any atom is 0.267 e. The summed E-state index contributed by atoms with van der Waals surface area (Å²) in [6.07, 6.45) is 0. The van der Waals surface area contributed by atoms with E-state index >= 15 is 0 Å². The minimum absolute atomic E-state index is 0.138. The van der Waals surface area contributed by atoms with E-state index in [0.29, 0.717) is 27.9 Å². The van der Waals surface area contributed by atoms with Crippen LogP contribution in [0.5, 0.6) is 5.75 Å². The predicted molar refractivity (Wildman–Crippen MR) is 119 cm³/mol. The quantitative estimate of drug-likeness (QED) is 0.632. The number of amides is 2. The number of thiazole rings is 1. The van der Waals surface area contributed by atoms with Gasteiger partial charge in [0.1, 0.15) is 21.7 Å². The number of thioether (sulfide) groups is 1. The lowest BCUT2D eigenvalue weighted by Gasteiger charge is -2.22. The van der Waals surface area contributed by atoms with Crippen molar-refractivity contribution in [2.75, 3.05) is 24.1 Å². The highest BCUT2D eigenvalue weighted by Crippen LogP contribution is 2.32. The van der Waals surface area contributed by atoms with E-state index in [2.05, 4.69) is 10.3 Å². The molecule has 1 aliphatic rings. The first-order valence-corrected chi connectivity index (χ1v) is 11.8. The fourth-order valence-corrected chi connectivity index (χ4v) is 5.88. The smallest absolute Gasteiger partial charge is 0.267 e. The molecule has 0 saturated carbocycles. The van der Waals surface area contributed by atoms with E-state index in [1.807, 2.05) is 23.8 Å². The second kappa shape index (κ2) is 8.56. The van der Waals surface area contributed by atoms with Crippen molar-refractivity contribution >= 4 is 51.9 Å². The Morgan fingerprint density at radius 3 is 2.72 bits per heavy atom. The van der Waals surface area contributed by atoms with E-state index in [-0.39, 0.29) is 11.8 Å². The van der Waals surface area contributed by atoms with Crippen molar-refractivity contribution in [3.8, 4) is 16.3 Å². The van der Waals surface area contributed by atoms with Gasteiger partial charge in [0.2, 0.25) is 5.91 Å². The van der Waals surface area contributed by atoms with E-state index in [4.69, 9.17) is 4.74 Å². The highest BCUT2D eigenvalue weighted by atomic mass is 32.2. The van der Waals surface area contributed by atoms with Crippen LogP contribution in [-0.4, -0.2) is 46.5 Å². The standard InChI is InChI=1S/C20H19N3O3S3/c1-12-17(29-19(21-12)13-7-8-27-9-13)20(25)23-11-28-10-16(23)18(24)22-14-3-5-15(26-2)6-4-14/h3-9,16H,10-11H2,1-2H3,(H,22,24). The molecule has 2 aromatic heterocycles. The molecule has 29 heavy (non-hydrogen) atoms. The van der Waals surface area contributed by atoms with Crippen LogP contribution in [0.4, 0.5) is 5.69 Å². The van der Waals surface area contributed by atoms with Gasteiger partial charge < -0.3 is 15.0 Å². The third kappa shape index (κ3) is 4.17. The molecule has 3 aromatic rings. The van der Waals surface area contributed by atoms with Gasteiger partial charge in [-0.05, 0) is 42.6 Å². The van der Waals surface area contributed by atoms with E-state index in [1.165, 1.54) is 11.3 Å². The molecule has 4 rings (SSSR count). The molecule has 150 valence electrons. The maximum atomic E-state index is 13.2. The number of anilines is 1. The second-order valence-electron chi connectivity index (χ2n) is 6.45. The maximum absolute atomic E-state index is 13.2. The van der Waals surface area contributed by atoms with Crippen LogP contribution in [0.2, 0.25) is 0 Å². The largest absolute Gasteiger partial charge is 0.497 e. The Labute approximate surface area is 180 Å². The number of ether oxygens (including phenoxy) is 1. The van der Waals surface area contributed by atoms with Gasteiger partial charge in [0.15, 0.2) is 0 Å². The van der Waals surface area contributed by atoms with Gasteiger partial charge in [-0.25, -0.2) is 4.98 Å². The van der Waals surface area contributed by atoms with Gasteiger partial charge >= 0.3 is 0 Å². The molecule has 1 saturated heterocycles. The van der Waals surface area contributed by atoms with Crippen LogP contribution >= 0.6 is 34.4 Å².